The highest BCUT2D eigenvalue weighted by Gasteiger charge is 2.24. The van der Waals surface area contributed by atoms with Crippen LogP contribution in [0.1, 0.15) is 40.2 Å². The van der Waals surface area contributed by atoms with Crippen molar-refractivity contribution in [1.29, 1.82) is 0 Å². The first-order valence-corrected chi connectivity index (χ1v) is 9.67. The van der Waals surface area contributed by atoms with Gasteiger partial charge in [-0.15, -0.1) is 0 Å². The van der Waals surface area contributed by atoms with Gasteiger partial charge in [-0.2, -0.15) is 0 Å². The lowest BCUT2D eigenvalue weighted by Crippen LogP contribution is -2.24. The Morgan fingerprint density at radius 2 is 1.66 bits per heavy atom. The van der Waals surface area contributed by atoms with Crippen LogP contribution in [0.15, 0.2) is 78.9 Å². The minimum absolute atomic E-state index is 0.111. The molecule has 0 bridgehead atoms. The summed E-state index contributed by atoms with van der Waals surface area (Å²) in [5.74, 6) is -1.51. The predicted molar refractivity (Wildman–Crippen MR) is 110 cm³/mol. The van der Waals surface area contributed by atoms with E-state index in [2.05, 4.69) is 0 Å². The number of carbonyl (C=O) groups is 2. The third-order valence-electron chi connectivity index (χ3n) is 4.60. The summed E-state index contributed by atoms with van der Waals surface area (Å²) in [6.45, 7) is 0.386. The molecule has 5 heteroatoms. The molecule has 0 N–H and O–H groups in total. The second kappa shape index (κ2) is 9.89. The van der Waals surface area contributed by atoms with Crippen LogP contribution in [0.2, 0.25) is 5.02 Å². The number of carboxylic acid groups (broad SMARTS) is 1. The second-order valence-corrected chi connectivity index (χ2v) is 7.06. The Morgan fingerprint density at radius 3 is 2.38 bits per heavy atom. The van der Waals surface area contributed by atoms with Crippen LogP contribution in [0.25, 0.3) is 0 Å². The van der Waals surface area contributed by atoms with E-state index in [0.717, 1.165) is 5.56 Å². The number of benzene rings is 3. The molecule has 148 valence electrons. The predicted octanol–water partition coefficient (Wildman–Crippen LogP) is 4.42. The number of rotatable bonds is 9. The zero-order valence-corrected chi connectivity index (χ0v) is 16.5. The average Bonchev–Trinajstić information content (AvgIpc) is 2.74. The summed E-state index contributed by atoms with van der Waals surface area (Å²) in [7, 11) is 0. The number of ketones is 1. The van der Waals surface area contributed by atoms with Gasteiger partial charge in [0, 0.05) is 22.5 Å². The van der Waals surface area contributed by atoms with Crippen molar-refractivity contribution in [3.63, 3.8) is 0 Å². The quantitative estimate of drug-likeness (QED) is 0.492. The van der Waals surface area contributed by atoms with Crippen LogP contribution in [0, 0.1) is 0 Å². The summed E-state index contributed by atoms with van der Waals surface area (Å²) in [6.07, 6.45) is -0.119. The Labute approximate surface area is 174 Å². The van der Waals surface area contributed by atoms with Gasteiger partial charge < -0.3 is 14.6 Å². The van der Waals surface area contributed by atoms with Gasteiger partial charge in [0.2, 0.25) is 0 Å². The van der Waals surface area contributed by atoms with E-state index in [4.69, 9.17) is 16.3 Å². The van der Waals surface area contributed by atoms with Gasteiger partial charge in [-0.25, -0.2) is 0 Å². The summed E-state index contributed by atoms with van der Waals surface area (Å²) in [6, 6.07) is 23.6. The maximum Gasteiger partial charge on any atom is 0.170 e. The summed E-state index contributed by atoms with van der Waals surface area (Å²) in [5, 5.41) is 11.4. The van der Waals surface area contributed by atoms with Crippen molar-refractivity contribution in [2.45, 2.75) is 25.4 Å². The maximum absolute atomic E-state index is 13.2. The molecule has 29 heavy (non-hydrogen) atoms. The fourth-order valence-corrected chi connectivity index (χ4v) is 3.40. The van der Waals surface area contributed by atoms with E-state index < -0.39 is 11.9 Å². The number of hydrogen-bond donors (Lipinski definition) is 0. The summed E-state index contributed by atoms with van der Waals surface area (Å²) < 4.78 is 5.81. The molecule has 0 fully saturated rings. The summed E-state index contributed by atoms with van der Waals surface area (Å²) >= 11 is 6.27. The smallest absolute Gasteiger partial charge is 0.170 e. The molecule has 3 rings (SSSR count). The van der Waals surface area contributed by atoms with E-state index in [9.17, 15) is 14.7 Å². The van der Waals surface area contributed by atoms with Gasteiger partial charge in [0.05, 0.1) is 0 Å². The third-order valence-corrected chi connectivity index (χ3v) is 4.95. The van der Waals surface area contributed by atoms with Crippen molar-refractivity contribution in [1.82, 2.24) is 0 Å². The standard InChI is InChI=1S/C24H21ClO4/c25-22-12-5-4-11-20(22)21(13-14-23(26)27)24(28)18-9-6-10-19(15-18)29-16-17-7-2-1-3-8-17/h1-12,15,21H,13-14,16H2,(H,26,27)/p-1. The molecule has 0 amide bonds. The first kappa shape index (κ1) is 20.6. The lowest BCUT2D eigenvalue weighted by molar-refractivity contribution is -0.305. The Bertz CT molecular complexity index is 985. The summed E-state index contributed by atoms with van der Waals surface area (Å²) in [4.78, 5) is 24.2. The van der Waals surface area contributed by atoms with Crippen molar-refractivity contribution < 1.29 is 19.4 Å². The number of halogens is 1. The van der Waals surface area contributed by atoms with Crippen molar-refractivity contribution in [2.75, 3.05) is 0 Å². The normalized spacial score (nSPS) is 11.6. The monoisotopic (exact) mass is 407 g/mol. The third kappa shape index (κ3) is 5.69. The van der Waals surface area contributed by atoms with Gasteiger partial charge in [0.15, 0.2) is 5.78 Å². The van der Waals surface area contributed by atoms with Gasteiger partial charge in [-0.1, -0.05) is 72.3 Å². The van der Waals surface area contributed by atoms with Gasteiger partial charge >= 0.3 is 0 Å². The molecule has 0 saturated heterocycles. The molecule has 0 radical (unpaired) electrons. The van der Waals surface area contributed by atoms with E-state index >= 15 is 0 Å². The van der Waals surface area contributed by atoms with Crippen molar-refractivity contribution in [2.24, 2.45) is 0 Å². The molecule has 0 spiro atoms. The van der Waals surface area contributed by atoms with E-state index in [1.54, 1.807) is 48.5 Å². The van der Waals surface area contributed by atoms with Crippen molar-refractivity contribution >= 4 is 23.4 Å². The number of carbonyl (C=O) groups excluding carboxylic acids is 2. The first-order valence-electron chi connectivity index (χ1n) is 9.30. The fourth-order valence-electron chi connectivity index (χ4n) is 3.13. The fraction of sp³-hybridized carbons (Fsp3) is 0.167. The van der Waals surface area contributed by atoms with Crippen molar-refractivity contribution in [3.8, 4) is 5.75 Å². The van der Waals surface area contributed by atoms with Gasteiger partial charge in [-0.05, 0) is 42.2 Å². The van der Waals surface area contributed by atoms with Crippen LogP contribution < -0.4 is 9.84 Å². The molecule has 0 saturated carbocycles. The Hall–Kier alpha value is -3.11. The van der Waals surface area contributed by atoms with E-state index in [1.165, 1.54) is 0 Å². The molecule has 0 aliphatic carbocycles. The molecular formula is C24H20ClO4-. The maximum atomic E-state index is 13.2. The molecule has 3 aromatic carbocycles. The SMILES string of the molecule is O=C([O-])CCC(C(=O)c1cccc(OCc2ccccc2)c1)c1ccccc1Cl. The van der Waals surface area contributed by atoms with Crippen LogP contribution in [0.4, 0.5) is 0 Å². The number of carboxylic acids is 1. The van der Waals surface area contributed by atoms with Crippen LogP contribution in [0.5, 0.6) is 5.75 Å². The molecule has 0 aromatic heterocycles. The highest BCUT2D eigenvalue weighted by Crippen LogP contribution is 2.32. The van der Waals surface area contributed by atoms with Crippen LogP contribution >= 0.6 is 11.6 Å². The average molecular weight is 408 g/mol. The number of aliphatic carboxylic acids is 1. The molecule has 1 unspecified atom stereocenters. The Balaban J connectivity index is 1.81. The molecule has 0 aliphatic rings. The van der Waals surface area contributed by atoms with Gasteiger partial charge in [-0.3, -0.25) is 4.79 Å². The van der Waals surface area contributed by atoms with Gasteiger partial charge in [0.25, 0.3) is 0 Å². The number of ether oxygens (including phenoxy) is 1. The van der Waals surface area contributed by atoms with Crippen LogP contribution in [-0.4, -0.2) is 11.8 Å². The van der Waals surface area contributed by atoms with Crippen LogP contribution in [-0.2, 0) is 11.4 Å². The minimum Gasteiger partial charge on any atom is -0.550 e. The lowest BCUT2D eigenvalue weighted by atomic mass is 9.87. The highest BCUT2D eigenvalue weighted by molar-refractivity contribution is 6.31. The largest absolute Gasteiger partial charge is 0.550 e. The van der Waals surface area contributed by atoms with E-state index in [0.29, 0.717) is 28.5 Å². The Kier molecular flexibility index (Phi) is 7.04. The Morgan fingerprint density at radius 1 is 0.931 bits per heavy atom. The molecule has 3 aromatic rings. The first-order chi connectivity index (χ1) is 14.0. The number of hydrogen-bond acceptors (Lipinski definition) is 4. The van der Waals surface area contributed by atoms with Crippen LogP contribution in [0.3, 0.4) is 0 Å². The summed E-state index contributed by atoms with van der Waals surface area (Å²) in [5.41, 5.74) is 2.07. The number of Topliss-reactive ketones (excluding diaryl/α,β-unsaturated/α-hetero) is 1. The van der Waals surface area contributed by atoms with Gasteiger partial charge in [0.1, 0.15) is 12.4 Å². The molecule has 4 nitrogen and oxygen atoms in total. The molecule has 0 aliphatic heterocycles. The molecular weight excluding hydrogens is 388 g/mol. The minimum atomic E-state index is -1.20. The van der Waals surface area contributed by atoms with E-state index in [-0.39, 0.29) is 18.6 Å². The topological polar surface area (TPSA) is 66.4 Å². The molecule has 1 atom stereocenters. The van der Waals surface area contributed by atoms with Crippen molar-refractivity contribution in [3.05, 3.63) is 101 Å². The molecule has 0 heterocycles. The highest BCUT2D eigenvalue weighted by atomic mass is 35.5. The van der Waals surface area contributed by atoms with E-state index in [1.807, 2.05) is 30.3 Å². The second-order valence-electron chi connectivity index (χ2n) is 6.65. The zero-order valence-electron chi connectivity index (χ0n) is 15.7. The zero-order chi connectivity index (χ0) is 20.6. The lowest BCUT2D eigenvalue weighted by Gasteiger charge is -2.18.